The van der Waals surface area contributed by atoms with E-state index in [0.717, 1.165) is 4.57 Å². The van der Waals surface area contributed by atoms with E-state index in [4.69, 9.17) is 0 Å². The number of carbonyl (C=O) groups is 3. The highest BCUT2D eigenvalue weighted by molar-refractivity contribution is 7.92. The Bertz CT molecular complexity index is 1400. The molecule has 3 N–H and O–H groups in total. The minimum atomic E-state index is -3.85. The number of aromatic nitrogens is 1. The van der Waals surface area contributed by atoms with Gasteiger partial charge in [-0.05, 0) is 25.0 Å². The molecule has 1 aromatic heterocycles. The Morgan fingerprint density at radius 2 is 1.69 bits per heavy atom. The number of ether oxygens (including phenoxy) is 1. The summed E-state index contributed by atoms with van der Waals surface area (Å²) in [7, 11) is -3.85. The number of hydrogen-bond acceptors (Lipinski definition) is 7. The number of halogens is 4. The lowest BCUT2D eigenvalue weighted by molar-refractivity contribution is -0.141. The standard InChI is InChI=1S/C23H25F4N3O8S/c1-4-39(36,37)29-14-6-5-7-30(23(14)35)20(11(2)3)22(34)28-15(9-17(32)33)16(31)10-38-21-18(26)12(24)8-13(25)19(21)27/h5-8,11,15,20,29H,4,9-10H2,1-3H3,(H,28,34)(H,32,33)/t15-,20?/m0/s1. The molecule has 2 atom stereocenters. The number of rotatable bonds is 13. The summed E-state index contributed by atoms with van der Waals surface area (Å²) in [5.41, 5.74) is -1.28. The van der Waals surface area contributed by atoms with Crippen molar-refractivity contribution in [3.05, 3.63) is 58.0 Å². The summed E-state index contributed by atoms with van der Waals surface area (Å²) in [5.74, 6) is -13.9. The van der Waals surface area contributed by atoms with Crippen molar-refractivity contribution in [2.75, 3.05) is 17.1 Å². The molecule has 0 bridgehead atoms. The van der Waals surface area contributed by atoms with Crippen LogP contribution in [0.4, 0.5) is 23.2 Å². The van der Waals surface area contributed by atoms with Crippen molar-refractivity contribution in [2.24, 2.45) is 5.92 Å². The average molecular weight is 580 g/mol. The van der Waals surface area contributed by atoms with Gasteiger partial charge in [-0.15, -0.1) is 0 Å². The Kier molecular flexibility index (Phi) is 10.2. The van der Waals surface area contributed by atoms with Gasteiger partial charge in [-0.1, -0.05) is 13.8 Å². The number of aliphatic carboxylic acids is 1. The summed E-state index contributed by atoms with van der Waals surface area (Å²) in [4.78, 5) is 50.0. The second-order valence-corrected chi connectivity index (χ2v) is 10.6. The number of sulfonamides is 1. The molecule has 0 saturated carbocycles. The van der Waals surface area contributed by atoms with E-state index in [2.05, 4.69) is 14.8 Å². The molecule has 0 aliphatic rings. The first-order valence-corrected chi connectivity index (χ1v) is 13.0. The molecular weight excluding hydrogens is 554 g/mol. The Hall–Kier alpha value is -3.95. The zero-order valence-corrected chi connectivity index (χ0v) is 21.7. The first kappa shape index (κ1) is 31.3. The van der Waals surface area contributed by atoms with Crippen LogP contribution in [-0.4, -0.2) is 54.2 Å². The van der Waals surface area contributed by atoms with E-state index < -0.39 is 93.3 Å². The number of amides is 1. The number of Topliss-reactive ketones (excluding diaryl/α,β-unsaturated/α-hetero) is 1. The normalized spacial score (nSPS) is 13.0. The number of carboxylic acids is 1. The summed E-state index contributed by atoms with van der Waals surface area (Å²) in [6.07, 6.45) is 0.157. The Morgan fingerprint density at radius 3 is 2.21 bits per heavy atom. The minimum Gasteiger partial charge on any atom is -0.481 e. The van der Waals surface area contributed by atoms with Crippen LogP contribution < -0.4 is 20.3 Å². The monoisotopic (exact) mass is 579 g/mol. The maximum atomic E-state index is 13.8. The van der Waals surface area contributed by atoms with Crippen LogP contribution in [0.1, 0.15) is 33.2 Å². The van der Waals surface area contributed by atoms with Crippen molar-refractivity contribution in [1.29, 1.82) is 0 Å². The molecule has 0 saturated heterocycles. The van der Waals surface area contributed by atoms with Gasteiger partial charge in [0.25, 0.3) is 5.56 Å². The third kappa shape index (κ3) is 7.78. The highest BCUT2D eigenvalue weighted by Crippen LogP contribution is 2.26. The van der Waals surface area contributed by atoms with Crippen LogP contribution in [0.25, 0.3) is 0 Å². The predicted molar refractivity (Wildman–Crippen MR) is 129 cm³/mol. The highest BCUT2D eigenvalue weighted by atomic mass is 32.2. The number of hydrogen-bond donors (Lipinski definition) is 3. The fourth-order valence-electron chi connectivity index (χ4n) is 3.40. The Labute approximate surface area is 219 Å². The predicted octanol–water partition coefficient (Wildman–Crippen LogP) is 1.97. The van der Waals surface area contributed by atoms with Crippen LogP contribution in [0.5, 0.6) is 5.75 Å². The molecule has 0 fully saturated rings. The molecule has 11 nitrogen and oxygen atoms in total. The van der Waals surface area contributed by atoms with Crippen molar-refractivity contribution in [1.82, 2.24) is 9.88 Å². The van der Waals surface area contributed by atoms with Crippen LogP contribution in [0.3, 0.4) is 0 Å². The number of nitrogens with zero attached hydrogens (tertiary/aromatic N) is 1. The molecule has 1 heterocycles. The summed E-state index contributed by atoms with van der Waals surface area (Å²) in [6.45, 7) is 3.09. The molecule has 39 heavy (non-hydrogen) atoms. The van der Waals surface area contributed by atoms with Crippen LogP contribution in [-0.2, 0) is 24.4 Å². The van der Waals surface area contributed by atoms with E-state index in [1.54, 1.807) is 0 Å². The SMILES string of the molecule is CCS(=O)(=O)Nc1cccn(C(C(=O)N[C@@H](CC(=O)O)C(=O)COc2c(F)c(F)cc(F)c2F)C(C)C)c1=O. The summed E-state index contributed by atoms with van der Waals surface area (Å²) >= 11 is 0. The molecule has 0 aliphatic carbocycles. The summed E-state index contributed by atoms with van der Waals surface area (Å²) in [5, 5.41) is 11.3. The van der Waals surface area contributed by atoms with Gasteiger partial charge < -0.3 is 19.7 Å². The number of benzene rings is 1. The number of ketones is 1. The fraction of sp³-hybridized carbons (Fsp3) is 0.391. The summed E-state index contributed by atoms with van der Waals surface area (Å²) in [6, 6.07) is -0.850. The lowest BCUT2D eigenvalue weighted by Crippen LogP contribution is -2.49. The number of pyridine rings is 1. The third-order valence-electron chi connectivity index (χ3n) is 5.33. The van der Waals surface area contributed by atoms with Crippen LogP contribution in [0.15, 0.2) is 29.2 Å². The molecule has 2 aromatic rings. The van der Waals surface area contributed by atoms with Crippen molar-refractivity contribution >= 4 is 33.4 Å². The van der Waals surface area contributed by atoms with Gasteiger partial charge >= 0.3 is 5.97 Å². The molecule has 1 aromatic carbocycles. The van der Waals surface area contributed by atoms with Gasteiger partial charge in [-0.25, -0.2) is 17.2 Å². The molecule has 0 spiro atoms. The van der Waals surface area contributed by atoms with Crippen molar-refractivity contribution in [3.63, 3.8) is 0 Å². The van der Waals surface area contributed by atoms with E-state index in [1.807, 2.05) is 0 Å². The Morgan fingerprint density at radius 1 is 1.10 bits per heavy atom. The molecule has 16 heteroatoms. The number of carbonyl (C=O) groups excluding carboxylic acids is 2. The first-order chi connectivity index (χ1) is 18.1. The largest absolute Gasteiger partial charge is 0.481 e. The topological polar surface area (TPSA) is 161 Å². The van der Waals surface area contributed by atoms with E-state index in [-0.39, 0.29) is 17.5 Å². The van der Waals surface area contributed by atoms with Gasteiger partial charge in [0.05, 0.1) is 12.2 Å². The first-order valence-electron chi connectivity index (χ1n) is 11.3. The second kappa shape index (κ2) is 12.7. The molecule has 2 rings (SSSR count). The number of nitrogens with one attached hydrogen (secondary N) is 2. The van der Waals surface area contributed by atoms with Crippen molar-refractivity contribution < 1.29 is 50.2 Å². The van der Waals surface area contributed by atoms with Gasteiger partial charge in [0.1, 0.15) is 24.4 Å². The van der Waals surface area contributed by atoms with Crippen molar-refractivity contribution in [3.8, 4) is 5.75 Å². The second-order valence-electron chi connectivity index (χ2n) is 8.54. The van der Waals surface area contributed by atoms with Gasteiger partial charge in [0.2, 0.25) is 27.6 Å². The zero-order chi connectivity index (χ0) is 29.7. The minimum absolute atomic E-state index is 0.0804. The van der Waals surface area contributed by atoms with Crippen molar-refractivity contribution in [2.45, 2.75) is 39.3 Å². The smallest absolute Gasteiger partial charge is 0.305 e. The molecule has 0 radical (unpaired) electrons. The molecule has 0 aliphatic heterocycles. The number of anilines is 1. The van der Waals surface area contributed by atoms with Gasteiger partial charge in [-0.2, -0.15) is 8.78 Å². The number of carboxylic acid groups (broad SMARTS) is 1. The van der Waals surface area contributed by atoms with Crippen LogP contribution in [0, 0.1) is 29.2 Å². The van der Waals surface area contributed by atoms with Crippen LogP contribution >= 0.6 is 0 Å². The maximum absolute atomic E-state index is 13.8. The quantitative estimate of drug-likeness (QED) is 0.240. The molecular formula is C23H25F4N3O8S. The van der Waals surface area contributed by atoms with Gasteiger partial charge in [0.15, 0.2) is 23.2 Å². The third-order valence-corrected chi connectivity index (χ3v) is 6.62. The van der Waals surface area contributed by atoms with E-state index >= 15 is 0 Å². The lowest BCUT2D eigenvalue weighted by atomic mass is 10.0. The van der Waals surface area contributed by atoms with Gasteiger partial charge in [0, 0.05) is 12.3 Å². The molecule has 214 valence electrons. The molecule has 1 unspecified atom stereocenters. The summed E-state index contributed by atoms with van der Waals surface area (Å²) < 4.78 is 85.8. The highest BCUT2D eigenvalue weighted by Gasteiger charge is 2.32. The molecule has 1 amide bonds. The fourth-order valence-corrected chi connectivity index (χ4v) is 4.03. The van der Waals surface area contributed by atoms with Gasteiger partial charge in [-0.3, -0.25) is 23.9 Å². The van der Waals surface area contributed by atoms with E-state index in [9.17, 15) is 50.3 Å². The lowest BCUT2D eigenvalue weighted by Gasteiger charge is -2.26. The van der Waals surface area contributed by atoms with Crippen LogP contribution in [0.2, 0.25) is 0 Å². The van der Waals surface area contributed by atoms with E-state index in [0.29, 0.717) is 0 Å². The maximum Gasteiger partial charge on any atom is 0.305 e. The zero-order valence-electron chi connectivity index (χ0n) is 20.8. The van der Waals surface area contributed by atoms with E-state index in [1.165, 1.54) is 39.1 Å². The average Bonchev–Trinajstić information content (AvgIpc) is 2.84. The Balaban J connectivity index is 2.34.